The first-order valence-corrected chi connectivity index (χ1v) is 8.56. The van der Waals surface area contributed by atoms with E-state index < -0.39 is 5.60 Å². The van der Waals surface area contributed by atoms with Crippen molar-refractivity contribution in [3.8, 4) is 0 Å². The van der Waals surface area contributed by atoms with Crippen LogP contribution in [0.5, 0.6) is 0 Å². The molecule has 0 spiro atoms. The zero-order valence-corrected chi connectivity index (χ0v) is 15.7. The Morgan fingerprint density at radius 1 is 1.16 bits per heavy atom. The molecule has 2 rings (SSSR count). The van der Waals surface area contributed by atoms with Gasteiger partial charge in [-0.15, -0.1) is 0 Å². The predicted molar refractivity (Wildman–Crippen MR) is 94.5 cm³/mol. The van der Waals surface area contributed by atoms with Crippen molar-refractivity contribution in [3.63, 3.8) is 0 Å². The molecule has 0 bridgehead atoms. The van der Waals surface area contributed by atoms with Crippen LogP contribution in [0.15, 0.2) is 30.3 Å². The zero-order valence-electron chi connectivity index (χ0n) is 15.7. The highest BCUT2D eigenvalue weighted by atomic mass is 16.7. The number of ether oxygens (including phenoxy) is 1. The molecule has 0 atom stereocenters. The first-order valence-electron chi connectivity index (χ1n) is 8.56. The first-order chi connectivity index (χ1) is 11.7. The lowest BCUT2D eigenvalue weighted by atomic mass is 9.78. The van der Waals surface area contributed by atoms with Gasteiger partial charge in [-0.1, -0.05) is 30.3 Å². The van der Waals surface area contributed by atoms with Crippen LogP contribution in [-0.4, -0.2) is 47.8 Å². The van der Waals surface area contributed by atoms with Crippen LogP contribution in [0.25, 0.3) is 0 Å². The molecule has 6 heteroatoms. The van der Waals surface area contributed by atoms with Gasteiger partial charge >= 0.3 is 6.09 Å². The molecule has 0 radical (unpaired) electrons. The van der Waals surface area contributed by atoms with E-state index in [1.54, 1.807) is 11.9 Å². The van der Waals surface area contributed by atoms with Crippen LogP contribution in [0, 0.1) is 5.92 Å². The minimum Gasteiger partial charge on any atom is -0.444 e. The number of carbonyl (C=O) groups excluding carboxylic acids is 2. The third kappa shape index (κ3) is 5.19. The third-order valence-corrected chi connectivity index (χ3v) is 4.31. The second-order valence-corrected chi connectivity index (χ2v) is 7.43. The fourth-order valence-corrected chi connectivity index (χ4v) is 2.83. The minimum absolute atomic E-state index is 0.00531. The average Bonchev–Trinajstić information content (AvgIpc) is 2.50. The maximum atomic E-state index is 12.6. The third-order valence-electron chi connectivity index (χ3n) is 4.31. The number of hydrogen-bond acceptors (Lipinski definition) is 4. The van der Waals surface area contributed by atoms with Gasteiger partial charge in [-0.25, -0.2) is 9.86 Å². The summed E-state index contributed by atoms with van der Waals surface area (Å²) in [6, 6.07) is 9.80. The Morgan fingerprint density at radius 2 is 1.76 bits per heavy atom. The van der Waals surface area contributed by atoms with E-state index in [0.29, 0.717) is 19.4 Å². The summed E-state index contributed by atoms with van der Waals surface area (Å²) in [6.07, 6.45) is 0.907. The summed E-state index contributed by atoms with van der Waals surface area (Å²) in [6.45, 7) is 6.03. The number of amides is 2. The van der Waals surface area contributed by atoms with Crippen LogP contribution in [0.4, 0.5) is 4.79 Å². The van der Waals surface area contributed by atoms with E-state index in [0.717, 1.165) is 5.56 Å². The molecule has 0 heterocycles. The van der Waals surface area contributed by atoms with Crippen molar-refractivity contribution in [3.05, 3.63) is 35.9 Å². The van der Waals surface area contributed by atoms with E-state index in [1.807, 2.05) is 51.1 Å². The molecule has 0 unspecified atom stereocenters. The highest BCUT2D eigenvalue weighted by Crippen LogP contribution is 2.34. The van der Waals surface area contributed by atoms with Gasteiger partial charge in [0.25, 0.3) is 0 Å². The number of hydroxylamine groups is 2. The predicted octanol–water partition coefficient (Wildman–Crippen LogP) is 3.22. The van der Waals surface area contributed by atoms with Crippen molar-refractivity contribution >= 4 is 12.0 Å². The molecule has 0 aromatic heterocycles. The highest BCUT2D eigenvalue weighted by Gasteiger charge is 2.42. The highest BCUT2D eigenvalue weighted by molar-refractivity contribution is 5.79. The molecule has 0 aliphatic heterocycles. The Kier molecular flexibility index (Phi) is 6.06. The number of nitrogens with zero attached hydrogens (tertiary/aromatic N) is 2. The van der Waals surface area contributed by atoms with E-state index in [9.17, 15) is 9.59 Å². The summed E-state index contributed by atoms with van der Waals surface area (Å²) < 4.78 is 5.56. The Labute approximate surface area is 149 Å². The van der Waals surface area contributed by atoms with Gasteiger partial charge in [0.05, 0.1) is 7.11 Å². The summed E-state index contributed by atoms with van der Waals surface area (Å²) in [5, 5.41) is 1.25. The normalized spacial score (nSPS) is 19.7. The number of carbonyl (C=O) groups is 2. The monoisotopic (exact) mass is 348 g/mol. The van der Waals surface area contributed by atoms with Gasteiger partial charge in [-0.05, 0) is 39.2 Å². The first kappa shape index (κ1) is 19.2. The van der Waals surface area contributed by atoms with Crippen molar-refractivity contribution in [1.82, 2.24) is 9.96 Å². The maximum Gasteiger partial charge on any atom is 0.410 e. The van der Waals surface area contributed by atoms with Crippen LogP contribution < -0.4 is 0 Å². The molecule has 0 saturated heterocycles. The molecule has 1 saturated carbocycles. The summed E-state index contributed by atoms with van der Waals surface area (Å²) in [5.74, 6) is -0.168. The molecule has 1 fully saturated rings. The maximum absolute atomic E-state index is 12.6. The largest absolute Gasteiger partial charge is 0.444 e. The number of hydrogen-bond donors (Lipinski definition) is 0. The lowest BCUT2D eigenvalue weighted by molar-refractivity contribution is -0.178. The van der Waals surface area contributed by atoms with Crippen molar-refractivity contribution in [2.24, 2.45) is 5.92 Å². The summed E-state index contributed by atoms with van der Waals surface area (Å²) in [5.41, 5.74) is 0.485. The fraction of sp³-hybridized carbons (Fsp3) is 0.579. The van der Waals surface area contributed by atoms with E-state index in [-0.39, 0.29) is 24.0 Å². The topological polar surface area (TPSA) is 59.1 Å². The van der Waals surface area contributed by atoms with Crippen molar-refractivity contribution in [1.29, 1.82) is 0 Å². The van der Waals surface area contributed by atoms with Crippen LogP contribution in [0.3, 0.4) is 0 Å². The van der Waals surface area contributed by atoms with Gasteiger partial charge in [-0.3, -0.25) is 9.63 Å². The van der Waals surface area contributed by atoms with Gasteiger partial charge in [0.2, 0.25) is 5.91 Å². The van der Waals surface area contributed by atoms with E-state index in [1.165, 1.54) is 12.2 Å². The molecular weight excluding hydrogens is 320 g/mol. The molecule has 1 aliphatic carbocycles. The van der Waals surface area contributed by atoms with E-state index >= 15 is 0 Å². The molecule has 138 valence electrons. The van der Waals surface area contributed by atoms with Gasteiger partial charge in [0.15, 0.2) is 0 Å². The van der Waals surface area contributed by atoms with Crippen molar-refractivity contribution in [2.75, 3.05) is 14.2 Å². The molecule has 1 aromatic rings. The Bertz CT molecular complexity index is 591. The SMILES string of the molecule is CON(C)C(=O)C1CC(N(Cc2ccccc2)C(=O)OC(C)(C)C)C1. The lowest BCUT2D eigenvalue weighted by Gasteiger charge is -2.43. The summed E-state index contributed by atoms with van der Waals surface area (Å²) in [4.78, 5) is 31.5. The van der Waals surface area contributed by atoms with Gasteiger partial charge < -0.3 is 9.64 Å². The Hall–Kier alpha value is -2.08. The molecule has 1 aliphatic rings. The Balaban J connectivity index is 2.05. The lowest BCUT2D eigenvalue weighted by Crippen LogP contribution is -2.52. The molecule has 25 heavy (non-hydrogen) atoms. The zero-order chi connectivity index (χ0) is 18.6. The molecule has 1 aromatic carbocycles. The van der Waals surface area contributed by atoms with Crippen LogP contribution in [0.1, 0.15) is 39.2 Å². The minimum atomic E-state index is -0.554. The van der Waals surface area contributed by atoms with Gasteiger partial charge in [-0.2, -0.15) is 0 Å². The quantitative estimate of drug-likeness (QED) is 0.767. The standard InChI is InChI=1S/C19H28N2O4/c1-19(2,3)25-18(23)21(13-14-9-7-6-8-10-14)16-11-15(12-16)17(22)20(4)24-5/h6-10,15-16H,11-13H2,1-5H3. The molecule has 0 N–H and O–H groups in total. The fourth-order valence-electron chi connectivity index (χ4n) is 2.83. The van der Waals surface area contributed by atoms with Gasteiger partial charge in [0.1, 0.15) is 5.60 Å². The smallest absolute Gasteiger partial charge is 0.410 e. The van der Waals surface area contributed by atoms with Crippen LogP contribution >= 0.6 is 0 Å². The van der Waals surface area contributed by atoms with E-state index in [2.05, 4.69) is 0 Å². The average molecular weight is 348 g/mol. The van der Waals surface area contributed by atoms with Crippen molar-refractivity contribution in [2.45, 2.75) is 51.8 Å². The number of rotatable bonds is 5. The summed E-state index contributed by atoms with van der Waals surface area (Å²) in [7, 11) is 3.07. The second kappa shape index (κ2) is 7.87. The van der Waals surface area contributed by atoms with Gasteiger partial charge in [0, 0.05) is 25.6 Å². The molecular formula is C19H28N2O4. The second-order valence-electron chi connectivity index (χ2n) is 7.43. The molecule has 2 amide bonds. The molecule has 6 nitrogen and oxygen atoms in total. The van der Waals surface area contributed by atoms with Crippen LogP contribution in [0.2, 0.25) is 0 Å². The van der Waals surface area contributed by atoms with E-state index in [4.69, 9.17) is 9.57 Å². The summed E-state index contributed by atoms with van der Waals surface area (Å²) >= 11 is 0. The van der Waals surface area contributed by atoms with Crippen LogP contribution in [-0.2, 0) is 20.9 Å². The number of benzene rings is 1. The Morgan fingerprint density at radius 3 is 2.28 bits per heavy atom. The van der Waals surface area contributed by atoms with Crippen molar-refractivity contribution < 1.29 is 19.2 Å².